The van der Waals surface area contributed by atoms with Gasteiger partial charge in [0.05, 0.1) is 5.56 Å². The number of hydrogen-bond acceptors (Lipinski definition) is 5. The van der Waals surface area contributed by atoms with Gasteiger partial charge in [0, 0.05) is 28.2 Å². The summed E-state index contributed by atoms with van der Waals surface area (Å²) in [7, 11) is 0. The fraction of sp³-hybridized carbons (Fsp3) is 0.308. The second-order valence-electron chi connectivity index (χ2n) is 4.52. The van der Waals surface area contributed by atoms with E-state index in [1.807, 2.05) is 17.5 Å². The van der Waals surface area contributed by atoms with Crippen LogP contribution in [0.2, 0.25) is 0 Å². The molecule has 0 saturated carbocycles. The lowest BCUT2D eigenvalue weighted by Crippen LogP contribution is -2.34. The Labute approximate surface area is 119 Å². The summed E-state index contributed by atoms with van der Waals surface area (Å²) in [5.41, 5.74) is 4.85. The molecule has 0 aliphatic heterocycles. The average Bonchev–Trinajstić information content (AvgIpc) is 3.00. The van der Waals surface area contributed by atoms with Crippen molar-refractivity contribution in [3.63, 3.8) is 0 Å². The molecule has 2 aromatic heterocycles. The SMILES string of the molecule is CC(O)(CNCc1cc(C(N)=O)cs1)c1cccs1. The minimum Gasteiger partial charge on any atom is -0.383 e. The summed E-state index contributed by atoms with van der Waals surface area (Å²) in [6, 6.07) is 5.62. The van der Waals surface area contributed by atoms with E-state index < -0.39 is 11.5 Å². The third kappa shape index (κ3) is 3.63. The molecule has 4 nitrogen and oxygen atoms in total. The molecule has 1 unspecified atom stereocenters. The van der Waals surface area contributed by atoms with Gasteiger partial charge in [-0.1, -0.05) is 6.07 Å². The predicted octanol–water partition coefficient (Wildman–Crippen LogP) is 1.91. The van der Waals surface area contributed by atoms with Crippen molar-refractivity contribution in [3.05, 3.63) is 44.3 Å². The number of nitrogens with one attached hydrogen (secondary N) is 1. The van der Waals surface area contributed by atoms with Crippen LogP contribution in [0.15, 0.2) is 29.0 Å². The molecule has 0 aliphatic rings. The summed E-state index contributed by atoms with van der Waals surface area (Å²) in [4.78, 5) is 12.9. The second kappa shape index (κ2) is 5.83. The molecule has 1 amide bonds. The van der Waals surface area contributed by atoms with Crippen molar-refractivity contribution in [1.82, 2.24) is 5.32 Å². The van der Waals surface area contributed by atoms with Gasteiger partial charge in [-0.05, 0) is 24.4 Å². The molecule has 19 heavy (non-hydrogen) atoms. The summed E-state index contributed by atoms with van der Waals surface area (Å²) in [6.45, 7) is 2.85. The highest BCUT2D eigenvalue weighted by Gasteiger charge is 2.23. The lowest BCUT2D eigenvalue weighted by atomic mass is 10.1. The fourth-order valence-electron chi connectivity index (χ4n) is 1.70. The van der Waals surface area contributed by atoms with Gasteiger partial charge in [-0.15, -0.1) is 22.7 Å². The van der Waals surface area contributed by atoms with Crippen LogP contribution in [-0.4, -0.2) is 17.6 Å². The second-order valence-corrected chi connectivity index (χ2v) is 6.46. The van der Waals surface area contributed by atoms with E-state index in [-0.39, 0.29) is 0 Å². The molecule has 2 aromatic rings. The van der Waals surface area contributed by atoms with Gasteiger partial charge in [0.25, 0.3) is 0 Å². The largest absolute Gasteiger partial charge is 0.383 e. The van der Waals surface area contributed by atoms with Gasteiger partial charge >= 0.3 is 0 Å². The number of nitrogens with two attached hydrogens (primary N) is 1. The number of rotatable bonds is 6. The van der Waals surface area contributed by atoms with E-state index in [1.165, 1.54) is 22.7 Å². The molecule has 102 valence electrons. The average molecular weight is 296 g/mol. The van der Waals surface area contributed by atoms with Crippen molar-refractivity contribution in [2.45, 2.75) is 19.1 Å². The molecule has 0 radical (unpaired) electrons. The maximum Gasteiger partial charge on any atom is 0.249 e. The maximum atomic E-state index is 11.0. The number of aliphatic hydroxyl groups is 1. The topological polar surface area (TPSA) is 75.3 Å². The van der Waals surface area contributed by atoms with Crippen molar-refractivity contribution >= 4 is 28.6 Å². The first-order chi connectivity index (χ1) is 8.99. The first kappa shape index (κ1) is 14.2. The third-order valence-electron chi connectivity index (χ3n) is 2.76. The summed E-state index contributed by atoms with van der Waals surface area (Å²) < 4.78 is 0. The quantitative estimate of drug-likeness (QED) is 0.762. The van der Waals surface area contributed by atoms with Crippen LogP contribution in [-0.2, 0) is 12.1 Å². The van der Waals surface area contributed by atoms with Crippen LogP contribution in [0.4, 0.5) is 0 Å². The number of amides is 1. The molecular weight excluding hydrogens is 280 g/mol. The Morgan fingerprint density at radius 1 is 1.53 bits per heavy atom. The van der Waals surface area contributed by atoms with E-state index in [0.717, 1.165) is 9.75 Å². The van der Waals surface area contributed by atoms with Gasteiger partial charge < -0.3 is 16.2 Å². The summed E-state index contributed by atoms with van der Waals surface area (Å²) in [5, 5.41) is 17.2. The Bertz CT molecular complexity index is 547. The number of carbonyl (C=O) groups is 1. The zero-order valence-electron chi connectivity index (χ0n) is 10.6. The highest BCUT2D eigenvalue weighted by Crippen LogP contribution is 2.24. The van der Waals surface area contributed by atoms with Gasteiger partial charge in [-0.3, -0.25) is 4.79 Å². The Morgan fingerprint density at radius 3 is 2.89 bits per heavy atom. The number of thiophene rings is 2. The zero-order chi connectivity index (χ0) is 13.9. The number of primary amides is 1. The molecule has 1 atom stereocenters. The van der Waals surface area contributed by atoms with Crippen LogP contribution >= 0.6 is 22.7 Å². The van der Waals surface area contributed by atoms with Gasteiger partial charge in [0.15, 0.2) is 0 Å². The van der Waals surface area contributed by atoms with Crippen molar-refractivity contribution in [2.75, 3.05) is 6.54 Å². The highest BCUT2D eigenvalue weighted by molar-refractivity contribution is 7.10. The van der Waals surface area contributed by atoms with E-state index in [2.05, 4.69) is 5.32 Å². The lowest BCUT2D eigenvalue weighted by molar-refractivity contribution is 0.0605. The summed E-state index contributed by atoms with van der Waals surface area (Å²) in [5.74, 6) is -0.409. The van der Waals surface area contributed by atoms with Crippen LogP contribution in [0, 0.1) is 0 Å². The molecule has 0 aromatic carbocycles. The van der Waals surface area contributed by atoms with Gasteiger partial charge in [0.2, 0.25) is 5.91 Å². The van der Waals surface area contributed by atoms with E-state index in [9.17, 15) is 9.90 Å². The Balaban J connectivity index is 1.87. The minimum absolute atomic E-state index is 0.409. The zero-order valence-corrected chi connectivity index (χ0v) is 12.2. The summed E-state index contributed by atoms with van der Waals surface area (Å²) >= 11 is 3.02. The van der Waals surface area contributed by atoms with Gasteiger partial charge in [-0.25, -0.2) is 0 Å². The molecule has 2 rings (SSSR count). The first-order valence-corrected chi connectivity index (χ1v) is 7.59. The van der Waals surface area contributed by atoms with Crippen LogP contribution in [0.25, 0.3) is 0 Å². The first-order valence-electron chi connectivity index (χ1n) is 5.83. The molecule has 0 spiro atoms. The monoisotopic (exact) mass is 296 g/mol. The van der Waals surface area contributed by atoms with E-state index >= 15 is 0 Å². The summed E-state index contributed by atoms with van der Waals surface area (Å²) in [6.07, 6.45) is 0. The van der Waals surface area contributed by atoms with Crippen LogP contribution in [0.1, 0.15) is 27.0 Å². The van der Waals surface area contributed by atoms with E-state index in [0.29, 0.717) is 18.7 Å². The molecule has 6 heteroatoms. The predicted molar refractivity (Wildman–Crippen MR) is 78.4 cm³/mol. The Hall–Kier alpha value is -1.21. The van der Waals surface area contributed by atoms with E-state index in [4.69, 9.17) is 5.73 Å². The standard InChI is InChI=1S/C13H16N2O2S2/c1-13(17,11-3-2-4-18-11)8-15-6-10-5-9(7-19-10)12(14)16/h2-5,7,15,17H,6,8H2,1H3,(H2,14,16). The maximum absolute atomic E-state index is 11.0. The van der Waals surface area contributed by atoms with Crippen LogP contribution in [0.3, 0.4) is 0 Å². The molecule has 2 heterocycles. The molecular formula is C13H16N2O2S2. The van der Waals surface area contributed by atoms with Gasteiger partial charge in [0.1, 0.15) is 5.60 Å². The van der Waals surface area contributed by atoms with Gasteiger partial charge in [-0.2, -0.15) is 0 Å². The molecule has 4 N–H and O–H groups in total. The van der Waals surface area contributed by atoms with Crippen LogP contribution in [0.5, 0.6) is 0 Å². The van der Waals surface area contributed by atoms with Crippen molar-refractivity contribution in [2.24, 2.45) is 5.73 Å². The Kier molecular flexibility index (Phi) is 4.36. The fourth-order valence-corrected chi connectivity index (χ4v) is 3.33. The number of hydrogen-bond donors (Lipinski definition) is 3. The van der Waals surface area contributed by atoms with Crippen molar-refractivity contribution < 1.29 is 9.90 Å². The lowest BCUT2D eigenvalue weighted by Gasteiger charge is -2.22. The minimum atomic E-state index is -0.877. The molecule has 0 aliphatic carbocycles. The van der Waals surface area contributed by atoms with Crippen molar-refractivity contribution in [3.8, 4) is 0 Å². The molecule has 0 bridgehead atoms. The van der Waals surface area contributed by atoms with Crippen molar-refractivity contribution in [1.29, 1.82) is 0 Å². The highest BCUT2D eigenvalue weighted by atomic mass is 32.1. The smallest absolute Gasteiger partial charge is 0.249 e. The normalized spacial score (nSPS) is 14.2. The van der Waals surface area contributed by atoms with E-state index in [1.54, 1.807) is 18.4 Å². The van der Waals surface area contributed by atoms with Crippen LogP contribution < -0.4 is 11.1 Å². The Morgan fingerprint density at radius 2 is 2.32 bits per heavy atom. The number of carbonyl (C=O) groups excluding carboxylic acids is 1. The third-order valence-corrected chi connectivity index (χ3v) is 4.82. The molecule has 0 saturated heterocycles. The molecule has 0 fully saturated rings.